The first-order valence-electron chi connectivity index (χ1n) is 6.06. The average molecular weight is 242 g/mol. The minimum atomic E-state index is 0.505. The monoisotopic (exact) mass is 242 g/mol. The fourth-order valence-electron chi connectivity index (χ4n) is 1.72. The molecule has 2 rings (SSSR count). The summed E-state index contributed by atoms with van der Waals surface area (Å²) in [6.07, 6.45) is 1.88. The molecular formula is C15H18N2O. The molecule has 0 amide bonds. The van der Waals surface area contributed by atoms with E-state index in [0.29, 0.717) is 6.61 Å². The van der Waals surface area contributed by atoms with Crippen molar-refractivity contribution in [2.75, 3.05) is 7.05 Å². The molecule has 0 spiro atoms. The van der Waals surface area contributed by atoms with Gasteiger partial charge in [0.25, 0.3) is 0 Å². The van der Waals surface area contributed by atoms with Crippen LogP contribution < -0.4 is 10.1 Å². The summed E-state index contributed by atoms with van der Waals surface area (Å²) in [5.74, 6) is 0.915. The van der Waals surface area contributed by atoms with E-state index in [9.17, 15) is 0 Å². The Morgan fingerprint density at radius 1 is 1.17 bits per heavy atom. The van der Waals surface area contributed by atoms with E-state index in [4.69, 9.17) is 4.74 Å². The van der Waals surface area contributed by atoms with Gasteiger partial charge in [-0.25, -0.2) is 0 Å². The van der Waals surface area contributed by atoms with Gasteiger partial charge in [-0.1, -0.05) is 24.3 Å². The van der Waals surface area contributed by atoms with Crippen LogP contribution in [0.3, 0.4) is 0 Å². The van der Waals surface area contributed by atoms with E-state index in [1.54, 1.807) is 0 Å². The first-order valence-corrected chi connectivity index (χ1v) is 6.06. The van der Waals surface area contributed by atoms with Gasteiger partial charge in [0, 0.05) is 12.7 Å². The molecule has 0 aliphatic rings. The number of hydrogen-bond acceptors (Lipinski definition) is 3. The maximum atomic E-state index is 5.74. The van der Waals surface area contributed by atoms with E-state index < -0.39 is 0 Å². The molecule has 0 aliphatic carbocycles. The van der Waals surface area contributed by atoms with Gasteiger partial charge in [-0.3, -0.25) is 4.98 Å². The molecule has 0 unspecified atom stereocenters. The summed E-state index contributed by atoms with van der Waals surface area (Å²) in [6.45, 7) is 3.38. The largest absolute Gasteiger partial charge is 0.487 e. The third-order valence-corrected chi connectivity index (χ3v) is 2.74. The van der Waals surface area contributed by atoms with Crippen molar-refractivity contribution in [1.29, 1.82) is 0 Å². The van der Waals surface area contributed by atoms with Gasteiger partial charge in [-0.05, 0) is 37.2 Å². The number of hydrogen-bond donors (Lipinski definition) is 1. The summed E-state index contributed by atoms with van der Waals surface area (Å²) in [5, 5.41) is 3.10. The molecule has 1 N–H and O–H groups in total. The Kier molecular flexibility index (Phi) is 4.31. The minimum absolute atomic E-state index is 0.505. The number of para-hydroxylation sites is 1. The molecule has 18 heavy (non-hydrogen) atoms. The first kappa shape index (κ1) is 12.6. The number of nitrogens with one attached hydrogen (secondary N) is 1. The van der Waals surface area contributed by atoms with Crippen LogP contribution in [0, 0.1) is 6.92 Å². The maximum absolute atomic E-state index is 5.74. The van der Waals surface area contributed by atoms with Crippen molar-refractivity contribution in [3.63, 3.8) is 0 Å². The quantitative estimate of drug-likeness (QED) is 0.875. The van der Waals surface area contributed by atoms with E-state index in [1.165, 1.54) is 5.56 Å². The predicted octanol–water partition coefficient (Wildman–Crippen LogP) is 2.69. The molecule has 1 aromatic carbocycles. The highest BCUT2D eigenvalue weighted by atomic mass is 16.5. The normalized spacial score (nSPS) is 10.3. The van der Waals surface area contributed by atoms with Crippen LogP contribution in [0.5, 0.6) is 5.75 Å². The molecule has 0 saturated carbocycles. The Balaban J connectivity index is 1.96. The van der Waals surface area contributed by atoms with Crippen LogP contribution in [-0.4, -0.2) is 12.0 Å². The Labute approximate surface area is 108 Å². The zero-order valence-corrected chi connectivity index (χ0v) is 10.8. The molecule has 1 aromatic heterocycles. The highest BCUT2D eigenvalue weighted by Crippen LogP contribution is 2.17. The molecular weight excluding hydrogens is 224 g/mol. The van der Waals surface area contributed by atoms with E-state index in [1.807, 2.05) is 50.5 Å². The van der Waals surface area contributed by atoms with Crippen molar-refractivity contribution in [3.05, 3.63) is 59.4 Å². The molecule has 94 valence electrons. The highest BCUT2D eigenvalue weighted by Gasteiger charge is 2.00. The fraction of sp³-hybridized carbons (Fsp3) is 0.267. The summed E-state index contributed by atoms with van der Waals surface area (Å²) in [4.78, 5) is 4.38. The van der Waals surface area contributed by atoms with Crippen LogP contribution >= 0.6 is 0 Å². The topological polar surface area (TPSA) is 34.1 Å². The van der Waals surface area contributed by atoms with Crippen LogP contribution in [0.4, 0.5) is 0 Å². The zero-order chi connectivity index (χ0) is 12.8. The molecule has 0 fully saturated rings. The Morgan fingerprint density at radius 2 is 2.00 bits per heavy atom. The third-order valence-electron chi connectivity index (χ3n) is 2.74. The van der Waals surface area contributed by atoms with Gasteiger partial charge in [0.1, 0.15) is 12.4 Å². The molecule has 0 atom stereocenters. The number of pyridine rings is 1. The molecule has 2 aromatic rings. The van der Waals surface area contributed by atoms with E-state index in [0.717, 1.165) is 23.6 Å². The van der Waals surface area contributed by atoms with Crippen molar-refractivity contribution in [1.82, 2.24) is 10.3 Å². The lowest BCUT2D eigenvalue weighted by Gasteiger charge is -2.08. The van der Waals surface area contributed by atoms with Crippen molar-refractivity contribution < 1.29 is 4.74 Å². The number of ether oxygens (including phenoxy) is 1. The summed E-state index contributed by atoms with van der Waals surface area (Å²) in [5.41, 5.74) is 3.26. The Bertz CT molecular complexity index is 494. The average Bonchev–Trinajstić information content (AvgIpc) is 2.40. The smallest absolute Gasteiger partial charge is 0.130 e. The van der Waals surface area contributed by atoms with Gasteiger partial charge in [-0.15, -0.1) is 0 Å². The Hall–Kier alpha value is -1.87. The van der Waals surface area contributed by atoms with Crippen LogP contribution in [0.1, 0.15) is 16.8 Å². The SMILES string of the molecule is CNCc1ccc(COc2ccccc2C)nc1. The zero-order valence-electron chi connectivity index (χ0n) is 10.8. The predicted molar refractivity (Wildman–Crippen MR) is 72.5 cm³/mol. The van der Waals surface area contributed by atoms with Crippen LogP contribution in [-0.2, 0) is 13.2 Å². The van der Waals surface area contributed by atoms with Crippen LogP contribution in [0.2, 0.25) is 0 Å². The molecule has 3 nitrogen and oxygen atoms in total. The number of aryl methyl sites for hydroxylation is 1. The summed E-state index contributed by atoms with van der Waals surface area (Å²) >= 11 is 0. The van der Waals surface area contributed by atoms with E-state index in [-0.39, 0.29) is 0 Å². The van der Waals surface area contributed by atoms with Crippen molar-refractivity contribution in [2.45, 2.75) is 20.1 Å². The lowest BCUT2D eigenvalue weighted by atomic mass is 10.2. The van der Waals surface area contributed by atoms with Crippen molar-refractivity contribution in [2.24, 2.45) is 0 Å². The highest BCUT2D eigenvalue weighted by molar-refractivity contribution is 5.31. The minimum Gasteiger partial charge on any atom is -0.487 e. The summed E-state index contributed by atoms with van der Waals surface area (Å²) < 4.78 is 5.74. The van der Waals surface area contributed by atoms with Crippen LogP contribution in [0.15, 0.2) is 42.6 Å². The summed E-state index contributed by atoms with van der Waals surface area (Å²) in [6, 6.07) is 12.1. The second-order valence-electron chi connectivity index (χ2n) is 4.24. The van der Waals surface area contributed by atoms with Crippen molar-refractivity contribution in [3.8, 4) is 5.75 Å². The molecule has 0 bridgehead atoms. The summed E-state index contributed by atoms with van der Waals surface area (Å²) in [7, 11) is 1.93. The van der Waals surface area contributed by atoms with Gasteiger partial charge in [0.05, 0.1) is 5.69 Å². The van der Waals surface area contributed by atoms with Gasteiger partial charge in [-0.2, -0.15) is 0 Å². The Morgan fingerprint density at radius 3 is 2.67 bits per heavy atom. The first-order chi connectivity index (χ1) is 8.79. The van der Waals surface area contributed by atoms with Crippen LogP contribution in [0.25, 0.3) is 0 Å². The number of aromatic nitrogens is 1. The van der Waals surface area contributed by atoms with E-state index in [2.05, 4.69) is 16.4 Å². The lowest BCUT2D eigenvalue weighted by molar-refractivity contribution is 0.299. The number of rotatable bonds is 5. The maximum Gasteiger partial charge on any atom is 0.130 e. The fourth-order valence-corrected chi connectivity index (χ4v) is 1.72. The number of benzene rings is 1. The van der Waals surface area contributed by atoms with Gasteiger partial charge >= 0.3 is 0 Å². The molecule has 1 heterocycles. The molecule has 0 saturated heterocycles. The van der Waals surface area contributed by atoms with E-state index >= 15 is 0 Å². The van der Waals surface area contributed by atoms with Crippen molar-refractivity contribution >= 4 is 0 Å². The van der Waals surface area contributed by atoms with Gasteiger partial charge in [0.2, 0.25) is 0 Å². The third kappa shape index (κ3) is 3.31. The van der Waals surface area contributed by atoms with Gasteiger partial charge < -0.3 is 10.1 Å². The molecule has 0 radical (unpaired) electrons. The second-order valence-corrected chi connectivity index (χ2v) is 4.24. The van der Waals surface area contributed by atoms with Gasteiger partial charge in [0.15, 0.2) is 0 Å². The molecule has 3 heteroatoms. The lowest BCUT2D eigenvalue weighted by Crippen LogP contribution is -2.06. The standard InChI is InChI=1S/C15H18N2O/c1-12-5-3-4-6-15(12)18-11-14-8-7-13(9-16-2)10-17-14/h3-8,10,16H,9,11H2,1-2H3. The number of nitrogens with zero attached hydrogens (tertiary/aromatic N) is 1. The second kappa shape index (κ2) is 6.17. The molecule has 0 aliphatic heterocycles.